The Kier molecular flexibility index (Phi) is 8.88. The molecular formula is C29H27IN2O3S. The summed E-state index contributed by atoms with van der Waals surface area (Å²) in [7, 11) is 1.62. The average molecular weight is 611 g/mol. The molecule has 1 aliphatic rings. The summed E-state index contributed by atoms with van der Waals surface area (Å²) in [6, 6.07) is 20.1. The van der Waals surface area contributed by atoms with Gasteiger partial charge in [-0.2, -0.15) is 0 Å². The Bertz CT molecular complexity index is 1320. The van der Waals surface area contributed by atoms with Crippen molar-refractivity contribution in [1.29, 1.82) is 0 Å². The number of ether oxygens (including phenoxy) is 2. The van der Waals surface area contributed by atoms with E-state index >= 15 is 0 Å². The number of carbonyl (C=O) groups excluding carboxylic acids is 1. The van der Waals surface area contributed by atoms with Crippen LogP contribution in [0.2, 0.25) is 0 Å². The molecule has 184 valence electrons. The molecule has 7 heteroatoms. The molecule has 0 atom stereocenters. The van der Waals surface area contributed by atoms with Crippen LogP contribution in [-0.4, -0.2) is 18.2 Å². The minimum absolute atomic E-state index is 0.174. The summed E-state index contributed by atoms with van der Waals surface area (Å²) in [5.41, 5.74) is 4.91. The number of nitrogens with zero attached hydrogens (tertiary/aromatic N) is 1. The van der Waals surface area contributed by atoms with Gasteiger partial charge in [0.05, 0.1) is 17.7 Å². The van der Waals surface area contributed by atoms with E-state index < -0.39 is 0 Å². The molecule has 1 saturated heterocycles. The molecule has 3 aromatic carbocycles. The van der Waals surface area contributed by atoms with E-state index in [1.54, 1.807) is 7.11 Å². The van der Waals surface area contributed by atoms with Gasteiger partial charge in [0, 0.05) is 9.13 Å². The van der Waals surface area contributed by atoms with E-state index in [1.807, 2.05) is 60.7 Å². The van der Waals surface area contributed by atoms with Gasteiger partial charge in [0.2, 0.25) is 0 Å². The van der Waals surface area contributed by atoms with E-state index in [0.717, 1.165) is 28.8 Å². The minimum atomic E-state index is -0.174. The van der Waals surface area contributed by atoms with Crippen LogP contribution in [0.1, 0.15) is 29.2 Å². The van der Waals surface area contributed by atoms with Gasteiger partial charge in [-0.1, -0.05) is 37.3 Å². The molecule has 0 radical (unpaired) electrons. The van der Waals surface area contributed by atoms with Crippen LogP contribution >= 0.6 is 34.4 Å². The topological polar surface area (TPSA) is 59.9 Å². The van der Waals surface area contributed by atoms with Crippen LogP contribution in [0, 0.1) is 3.57 Å². The van der Waals surface area contributed by atoms with Crippen molar-refractivity contribution in [2.45, 2.75) is 26.4 Å². The first-order chi connectivity index (χ1) is 17.5. The van der Waals surface area contributed by atoms with Crippen LogP contribution in [0.4, 0.5) is 5.69 Å². The molecule has 0 saturated carbocycles. The van der Waals surface area contributed by atoms with Crippen molar-refractivity contribution in [3.05, 3.63) is 104 Å². The molecule has 0 unspecified atom stereocenters. The Morgan fingerprint density at radius 3 is 2.47 bits per heavy atom. The number of hydrogen-bond donors (Lipinski definition) is 1. The van der Waals surface area contributed by atoms with Gasteiger partial charge in [0.25, 0.3) is 5.91 Å². The normalized spacial score (nSPS) is 15.2. The van der Waals surface area contributed by atoms with Crippen molar-refractivity contribution in [2.75, 3.05) is 7.11 Å². The maximum atomic E-state index is 12.6. The Morgan fingerprint density at radius 2 is 1.81 bits per heavy atom. The fraction of sp³-hybridized carbons (Fsp3) is 0.172. The molecule has 0 aromatic heterocycles. The van der Waals surface area contributed by atoms with E-state index in [-0.39, 0.29) is 5.91 Å². The fourth-order valence-corrected chi connectivity index (χ4v) is 4.88. The van der Waals surface area contributed by atoms with Crippen molar-refractivity contribution < 1.29 is 14.3 Å². The summed E-state index contributed by atoms with van der Waals surface area (Å²) in [5, 5.41) is 3.42. The van der Waals surface area contributed by atoms with Crippen molar-refractivity contribution in [2.24, 2.45) is 4.99 Å². The lowest BCUT2D eigenvalue weighted by molar-refractivity contribution is -0.115. The summed E-state index contributed by atoms with van der Waals surface area (Å²) >= 11 is 3.60. The number of nitrogens with one attached hydrogen (secondary N) is 1. The van der Waals surface area contributed by atoms with E-state index in [0.29, 0.717) is 34.6 Å². The summed E-state index contributed by atoms with van der Waals surface area (Å²) < 4.78 is 13.0. The third-order valence-electron chi connectivity index (χ3n) is 5.56. The molecule has 36 heavy (non-hydrogen) atoms. The quantitative estimate of drug-likeness (QED) is 0.160. The zero-order valence-electron chi connectivity index (χ0n) is 20.2. The first-order valence-corrected chi connectivity index (χ1v) is 13.5. The van der Waals surface area contributed by atoms with Crippen molar-refractivity contribution in [3.63, 3.8) is 0 Å². The summed E-state index contributed by atoms with van der Waals surface area (Å²) in [5.74, 6) is 1.12. The van der Waals surface area contributed by atoms with Crippen LogP contribution < -0.4 is 14.8 Å². The van der Waals surface area contributed by atoms with Crippen LogP contribution in [0.15, 0.2) is 83.2 Å². The fourth-order valence-electron chi connectivity index (χ4n) is 3.68. The molecule has 0 bridgehead atoms. The van der Waals surface area contributed by atoms with Crippen LogP contribution in [0.5, 0.6) is 11.5 Å². The number of amides is 1. The number of allylic oxidation sites excluding steroid dienone is 1. The highest BCUT2D eigenvalue weighted by Gasteiger charge is 2.24. The first-order valence-electron chi connectivity index (χ1n) is 11.6. The number of aryl methyl sites for hydroxylation is 1. The van der Waals surface area contributed by atoms with E-state index in [2.05, 4.69) is 58.5 Å². The molecule has 0 spiro atoms. The van der Waals surface area contributed by atoms with Gasteiger partial charge >= 0.3 is 0 Å². The van der Waals surface area contributed by atoms with Crippen molar-refractivity contribution in [3.8, 4) is 11.5 Å². The molecule has 1 amide bonds. The highest BCUT2D eigenvalue weighted by molar-refractivity contribution is 14.1. The van der Waals surface area contributed by atoms with Crippen LogP contribution in [0.25, 0.3) is 6.08 Å². The molecule has 5 nitrogen and oxygen atoms in total. The monoisotopic (exact) mass is 610 g/mol. The molecule has 3 aromatic rings. The molecule has 1 N–H and O–H groups in total. The van der Waals surface area contributed by atoms with E-state index in [1.165, 1.54) is 20.9 Å². The molecule has 1 fully saturated rings. The van der Waals surface area contributed by atoms with Crippen LogP contribution in [-0.2, 0) is 24.2 Å². The SMILES string of the molecule is C=CCc1cc(/C=C2\SC(=Nc3ccc(CC)cc3)NC2=O)cc(OC)c1OCc1ccc(I)cc1. The van der Waals surface area contributed by atoms with Gasteiger partial charge in [0.15, 0.2) is 16.7 Å². The first kappa shape index (κ1) is 26.0. The van der Waals surface area contributed by atoms with E-state index in [4.69, 9.17) is 9.47 Å². The van der Waals surface area contributed by atoms with E-state index in [9.17, 15) is 4.79 Å². The second kappa shape index (κ2) is 12.3. The summed E-state index contributed by atoms with van der Waals surface area (Å²) in [4.78, 5) is 17.8. The Hall–Kier alpha value is -3.04. The molecule has 4 rings (SSSR count). The van der Waals surface area contributed by atoms with Gasteiger partial charge in [-0.05, 0) is 106 Å². The third-order valence-corrected chi connectivity index (χ3v) is 7.19. The minimum Gasteiger partial charge on any atom is -0.493 e. The third kappa shape index (κ3) is 6.59. The van der Waals surface area contributed by atoms with Gasteiger partial charge < -0.3 is 14.8 Å². The van der Waals surface area contributed by atoms with Gasteiger partial charge in [-0.25, -0.2) is 4.99 Å². The average Bonchev–Trinajstić information content (AvgIpc) is 3.22. The highest BCUT2D eigenvalue weighted by Crippen LogP contribution is 2.36. The predicted molar refractivity (Wildman–Crippen MR) is 157 cm³/mol. The molecule has 1 aliphatic heterocycles. The second-order valence-corrected chi connectivity index (χ2v) is 10.4. The molecular weight excluding hydrogens is 583 g/mol. The number of aliphatic imine (C=N–C) groups is 1. The number of methoxy groups -OCH3 is 1. The molecule has 1 heterocycles. The summed E-state index contributed by atoms with van der Waals surface area (Å²) in [6.45, 7) is 6.43. The zero-order valence-corrected chi connectivity index (χ0v) is 23.2. The maximum absolute atomic E-state index is 12.6. The number of amidine groups is 1. The smallest absolute Gasteiger partial charge is 0.264 e. The number of benzene rings is 3. The lowest BCUT2D eigenvalue weighted by atomic mass is 10.0. The van der Waals surface area contributed by atoms with Gasteiger partial charge in [-0.15, -0.1) is 6.58 Å². The van der Waals surface area contributed by atoms with Gasteiger partial charge in [-0.3, -0.25) is 4.79 Å². The standard InChI is InChI=1S/C29H27IN2O3S/c1-4-6-22-15-21(16-25(34-3)27(22)35-18-20-7-11-23(30)12-8-20)17-26-28(33)32-29(36-26)31-24-13-9-19(5-2)10-14-24/h4,7-17H,1,5-6,18H2,2-3H3,(H,31,32,33)/b26-17-. The summed E-state index contributed by atoms with van der Waals surface area (Å²) in [6.07, 6.45) is 5.26. The lowest BCUT2D eigenvalue weighted by Crippen LogP contribution is -2.19. The largest absolute Gasteiger partial charge is 0.493 e. The number of hydrogen-bond acceptors (Lipinski definition) is 5. The van der Waals surface area contributed by atoms with Crippen LogP contribution in [0.3, 0.4) is 0 Å². The predicted octanol–water partition coefficient (Wildman–Crippen LogP) is 7.06. The lowest BCUT2D eigenvalue weighted by Gasteiger charge is -2.16. The number of rotatable bonds is 9. The maximum Gasteiger partial charge on any atom is 0.264 e. The highest BCUT2D eigenvalue weighted by atomic mass is 127. The van der Waals surface area contributed by atoms with Crippen molar-refractivity contribution >= 4 is 57.2 Å². The number of carbonyl (C=O) groups is 1. The Labute approximate surface area is 229 Å². The number of thioether (sulfide) groups is 1. The number of halogens is 1. The Morgan fingerprint density at radius 1 is 1.08 bits per heavy atom. The zero-order chi connectivity index (χ0) is 25.5. The molecule has 0 aliphatic carbocycles. The van der Waals surface area contributed by atoms with Gasteiger partial charge in [0.1, 0.15) is 6.61 Å². The second-order valence-electron chi connectivity index (χ2n) is 8.12. The Balaban J connectivity index is 1.57. The van der Waals surface area contributed by atoms with Crippen molar-refractivity contribution in [1.82, 2.24) is 5.32 Å².